The lowest BCUT2D eigenvalue weighted by atomic mass is 9.91. The van der Waals surface area contributed by atoms with Crippen LogP contribution in [-0.4, -0.2) is 20.0 Å². The summed E-state index contributed by atoms with van der Waals surface area (Å²) in [5.74, 6) is 1.51. The second-order valence-electron chi connectivity index (χ2n) is 5.24. The molecule has 0 radical (unpaired) electrons. The Morgan fingerprint density at radius 1 is 1.24 bits per heavy atom. The third-order valence-corrected chi connectivity index (χ3v) is 4.05. The molecule has 1 aromatic carbocycles. The van der Waals surface area contributed by atoms with E-state index in [0.29, 0.717) is 34.4 Å². The van der Waals surface area contributed by atoms with E-state index in [2.05, 4.69) is 13.8 Å². The predicted molar refractivity (Wildman–Crippen MR) is 86.8 cm³/mol. The van der Waals surface area contributed by atoms with Gasteiger partial charge in [-0.25, -0.2) is 0 Å². The van der Waals surface area contributed by atoms with Gasteiger partial charge in [0.05, 0.1) is 19.2 Å². The lowest BCUT2D eigenvalue weighted by molar-refractivity contribution is 0.0956. The van der Waals surface area contributed by atoms with Crippen molar-refractivity contribution in [1.29, 1.82) is 0 Å². The quantitative estimate of drug-likeness (QED) is 0.592. The average molecular weight is 313 g/mol. The van der Waals surface area contributed by atoms with E-state index in [1.165, 1.54) is 13.5 Å². The molecule has 21 heavy (non-hydrogen) atoms. The number of unbranched alkanes of at least 4 members (excludes halogenated alkanes) is 1. The third-order valence-electron chi connectivity index (χ3n) is 3.77. The molecule has 1 unspecified atom stereocenters. The van der Waals surface area contributed by atoms with Crippen molar-refractivity contribution in [2.75, 3.05) is 14.2 Å². The van der Waals surface area contributed by atoms with Crippen molar-refractivity contribution in [2.45, 2.75) is 46.0 Å². The Bertz CT molecular complexity index is 471. The highest BCUT2D eigenvalue weighted by Crippen LogP contribution is 2.36. The zero-order chi connectivity index (χ0) is 15.8. The van der Waals surface area contributed by atoms with Crippen LogP contribution in [0.4, 0.5) is 0 Å². The molecule has 1 rings (SSSR count). The van der Waals surface area contributed by atoms with Crippen LogP contribution in [0.2, 0.25) is 5.02 Å². The van der Waals surface area contributed by atoms with Gasteiger partial charge < -0.3 is 9.47 Å². The fraction of sp³-hybridized carbons (Fsp3) is 0.588. The van der Waals surface area contributed by atoms with E-state index in [-0.39, 0.29) is 5.78 Å². The number of rotatable bonds is 9. The van der Waals surface area contributed by atoms with Crippen molar-refractivity contribution in [2.24, 2.45) is 5.92 Å². The van der Waals surface area contributed by atoms with Crippen molar-refractivity contribution in [3.05, 3.63) is 22.7 Å². The minimum absolute atomic E-state index is 0.112. The number of hydrogen-bond donors (Lipinski definition) is 0. The van der Waals surface area contributed by atoms with Gasteiger partial charge >= 0.3 is 0 Å². The zero-order valence-corrected chi connectivity index (χ0v) is 14.1. The summed E-state index contributed by atoms with van der Waals surface area (Å²) >= 11 is 6.15. The molecule has 1 atom stereocenters. The van der Waals surface area contributed by atoms with Crippen LogP contribution in [0.3, 0.4) is 0 Å². The maximum absolute atomic E-state index is 12.4. The Labute approximate surface area is 132 Å². The van der Waals surface area contributed by atoms with E-state index in [1.54, 1.807) is 19.2 Å². The smallest absolute Gasteiger partial charge is 0.179 e. The van der Waals surface area contributed by atoms with Crippen LogP contribution >= 0.6 is 11.6 Å². The maximum atomic E-state index is 12.4. The number of ether oxygens (including phenoxy) is 2. The number of carbonyl (C=O) groups is 1. The lowest BCUT2D eigenvalue weighted by Gasteiger charge is -2.15. The highest BCUT2D eigenvalue weighted by molar-refractivity contribution is 6.32. The van der Waals surface area contributed by atoms with Crippen molar-refractivity contribution in [3.8, 4) is 11.5 Å². The molecule has 3 nitrogen and oxygen atoms in total. The Kier molecular flexibility index (Phi) is 7.58. The summed E-state index contributed by atoms with van der Waals surface area (Å²) in [5, 5.41) is 0.404. The summed E-state index contributed by atoms with van der Waals surface area (Å²) in [6, 6.07) is 3.37. The first-order chi connectivity index (χ1) is 10.1. The fourth-order valence-electron chi connectivity index (χ4n) is 2.40. The van der Waals surface area contributed by atoms with Gasteiger partial charge in [0.15, 0.2) is 17.3 Å². The molecule has 0 aliphatic rings. The van der Waals surface area contributed by atoms with Gasteiger partial charge in [0.1, 0.15) is 0 Å². The summed E-state index contributed by atoms with van der Waals surface area (Å²) in [5.41, 5.74) is 0.590. The monoisotopic (exact) mass is 312 g/mol. The first kappa shape index (κ1) is 17.8. The molecule has 0 saturated heterocycles. The number of carbonyl (C=O) groups excluding carboxylic acids is 1. The van der Waals surface area contributed by atoms with Crippen molar-refractivity contribution < 1.29 is 14.3 Å². The largest absolute Gasteiger partial charge is 0.493 e. The Morgan fingerprint density at radius 2 is 1.95 bits per heavy atom. The number of ketones is 1. The van der Waals surface area contributed by atoms with E-state index in [1.807, 2.05) is 0 Å². The van der Waals surface area contributed by atoms with Gasteiger partial charge in [-0.1, -0.05) is 51.1 Å². The van der Waals surface area contributed by atoms with Crippen molar-refractivity contribution >= 4 is 17.4 Å². The van der Waals surface area contributed by atoms with Crippen LogP contribution in [0, 0.1) is 5.92 Å². The zero-order valence-electron chi connectivity index (χ0n) is 13.4. The molecule has 0 spiro atoms. The highest BCUT2D eigenvalue weighted by atomic mass is 35.5. The SMILES string of the molecule is CCCCC(CC)CC(=O)c1cc(Cl)c(OC)c(OC)c1. The molecule has 0 saturated carbocycles. The Balaban J connectivity index is 2.89. The van der Waals surface area contributed by atoms with Gasteiger partial charge in [0, 0.05) is 12.0 Å². The lowest BCUT2D eigenvalue weighted by Crippen LogP contribution is -2.09. The molecule has 118 valence electrons. The first-order valence-electron chi connectivity index (χ1n) is 7.52. The van der Waals surface area contributed by atoms with Gasteiger partial charge in [0.2, 0.25) is 0 Å². The standard InChI is InChI=1S/C17H25ClO3/c1-5-7-8-12(6-2)9-15(19)13-10-14(18)17(21-4)16(11-13)20-3/h10-12H,5-9H2,1-4H3. The van der Waals surface area contributed by atoms with E-state index in [0.717, 1.165) is 19.3 Å². The second kappa shape index (κ2) is 8.93. The number of halogens is 1. The van der Waals surface area contributed by atoms with Gasteiger partial charge in [-0.05, 0) is 18.1 Å². The first-order valence-corrected chi connectivity index (χ1v) is 7.89. The summed E-state index contributed by atoms with van der Waals surface area (Å²) in [4.78, 5) is 12.4. The van der Waals surface area contributed by atoms with Gasteiger partial charge in [-0.3, -0.25) is 4.79 Å². The van der Waals surface area contributed by atoms with E-state index < -0.39 is 0 Å². The van der Waals surface area contributed by atoms with Crippen LogP contribution in [0.5, 0.6) is 11.5 Å². The molecule has 0 N–H and O–H groups in total. The molecular formula is C17H25ClO3. The molecule has 0 heterocycles. The number of Topliss-reactive ketones (excluding diaryl/α,β-unsaturated/α-hetero) is 1. The number of benzene rings is 1. The fourth-order valence-corrected chi connectivity index (χ4v) is 2.69. The molecule has 4 heteroatoms. The van der Waals surface area contributed by atoms with Gasteiger partial charge in [-0.15, -0.1) is 0 Å². The minimum atomic E-state index is 0.112. The summed E-state index contributed by atoms with van der Waals surface area (Å²) in [6.45, 7) is 4.30. The van der Waals surface area contributed by atoms with Crippen LogP contribution in [-0.2, 0) is 0 Å². The maximum Gasteiger partial charge on any atom is 0.179 e. The van der Waals surface area contributed by atoms with Crippen molar-refractivity contribution in [1.82, 2.24) is 0 Å². The minimum Gasteiger partial charge on any atom is -0.493 e. The van der Waals surface area contributed by atoms with E-state index in [4.69, 9.17) is 21.1 Å². The molecular weight excluding hydrogens is 288 g/mol. The number of hydrogen-bond acceptors (Lipinski definition) is 3. The highest BCUT2D eigenvalue weighted by Gasteiger charge is 2.18. The summed E-state index contributed by atoms with van der Waals surface area (Å²) in [7, 11) is 3.07. The Hall–Kier alpha value is -1.22. The van der Waals surface area contributed by atoms with Crippen LogP contribution in [0.15, 0.2) is 12.1 Å². The third kappa shape index (κ3) is 4.92. The predicted octanol–water partition coefficient (Wildman–Crippen LogP) is 5.15. The normalized spacial score (nSPS) is 12.0. The molecule has 0 fully saturated rings. The summed E-state index contributed by atoms with van der Waals surface area (Å²) < 4.78 is 10.4. The topological polar surface area (TPSA) is 35.5 Å². The van der Waals surface area contributed by atoms with Crippen LogP contribution in [0.1, 0.15) is 56.3 Å². The molecule has 0 bridgehead atoms. The van der Waals surface area contributed by atoms with E-state index >= 15 is 0 Å². The molecule has 0 aromatic heterocycles. The molecule has 1 aromatic rings. The average Bonchev–Trinajstić information content (AvgIpc) is 2.50. The number of methoxy groups -OCH3 is 2. The molecule has 0 aliphatic heterocycles. The van der Waals surface area contributed by atoms with Crippen LogP contribution < -0.4 is 9.47 Å². The second-order valence-corrected chi connectivity index (χ2v) is 5.64. The summed E-state index contributed by atoms with van der Waals surface area (Å²) in [6.07, 6.45) is 5.00. The van der Waals surface area contributed by atoms with Crippen molar-refractivity contribution in [3.63, 3.8) is 0 Å². The Morgan fingerprint density at radius 3 is 2.48 bits per heavy atom. The molecule has 0 aliphatic carbocycles. The van der Waals surface area contributed by atoms with Gasteiger partial charge in [-0.2, -0.15) is 0 Å². The van der Waals surface area contributed by atoms with Crippen LogP contribution in [0.25, 0.3) is 0 Å². The van der Waals surface area contributed by atoms with Gasteiger partial charge in [0.25, 0.3) is 0 Å². The molecule has 0 amide bonds. The van der Waals surface area contributed by atoms with E-state index in [9.17, 15) is 4.79 Å².